The lowest BCUT2D eigenvalue weighted by Crippen LogP contribution is -2.14. The zero-order valence-corrected chi connectivity index (χ0v) is 17.5. The van der Waals surface area contributed by atoms with Gasteiger partial charge in [0.15, 0.2) is 0 Å². The van der Waals surface area contributed by atoms with Gasteiger partial charge in [-0.2, -0.15) is 5.10 Å². The maximum absolute atomic E-state index is 6.24. The van der Waals surface area contributed by atoms with Crippen LogP contribution in [0.1, 0.15) is 56.3 Å². The van der Waals surface area contributed by atoms with Crippen LogP contribution >= 0.6 is 23.2 Å². The van der Waals surface area contributed by atoms with E-state index in [-0.39, 0.29) is 0 Å². The van der Waals surface area contributed by atoms with Crippen LogP contribution in [-0.2, 0) is 6.42 Å². The first-order valence-electron chi connectivity index (χ1n) is 9.85. The van der Waals surface area contributed by atoms with E-state index < -0.39 is 0 Å². The van der Waals surface area contributed by atoms with Crippen molar-refractivity contribution in [3.8, 4) is 0 Å². The van der Waals surface area contributed by atoms with Crippen molar-refractivity contribution in [2.24, 2.45) is 0 Å². The van der Waals surface area contributed by atoms with Crippen LogP contribution in [0, 0.1) is 0 Å². The Morgan fingerprint density at radius 3 is 2.57 bits per heavy atom. The predicted octanol–water partition coefficient (Wildman–Crippen LogP) is 6.89. The molecule has 2 aromatic heterocycles. The molecular formula is C22H24Cl2N4. The molecule has 1 saturated carbocycles. The molecule has 0 amide bonds. The van der Waals surface area contributed by atoms with Crippen LogP contribution in [0.3, 0.4) is 0 Å². The molecule has 0 bridgehead atoms. The van der Waals surface area contributed by atoms with Crippen LogP contribution in [-0.4, -0.2) is 14.8 Å². The van der Waals surface area contributed by atoms with Crippen LogP contribution in [0.25, 0.3) is 16.6 Å². The van der Waals surface area contributed by atoms with E-state index in [1.54, 1.807) is 12.4 Å². The van der Waals surface area contributed by atoms with Crippen LogP contribution < -0.4 is 5.32 Å². The molecule has 28 heavy (non-hydrogen) atoms. The number of hydrogen-bond acceptors (Lipinski definition) is 3. The fourth-order valence-corrected chi connectivity index (χ4v) is 4.47. The normalized spacial score (nSPS) is 15.1. The Morgan fingerprint density at radius 2 is 1.89 bits per heavy atom. The summed E-state index contributed by atoms with van der Waals surface area (Å²) in [7, 11) is 0. The second kappa shape index (κ2) is 8.14. The number of aryl methyl sites for hydroxylation is 1. The summed E-state index contributed by atoms with van der Waals surface area (Å²) in [6, 6.07) is 6.89. The summed E-state index contributed by atoms with van der Waals surface area (Å²) in [4.78, 5) is 4.00. The lowest BCUT2D eigenvalue weighted by Gasteiger charge is -2.23. The van der Waals surface area contributed by atoms with Crippen molar-refractivity contribution in [2.45, 2.75) is 51.5 Å². The standard InChI is InChI=1S/C22H24Cl2N4/c1-3-20-17-10-9-15(14(2)26-22-18(23)12-25-13-19(22)24)11-21(17)28(27-20)16-7-5-4-6-8-16/h9-13,16H,2-8H2,1H3,(H,25,26). The maximum atomic E-state index is 6.24. The number of benzene rings is 1. The fraction of sp³-hybridized carbons (Fsp3) is 0.364. The minimum absolute atomic E-state index is 0.468. The Morgan fingerprint density at radius 1 is 1.18 bits per heavy atom. The highest BCUT2D eigenvalue weighted by molar-refractivity contribution is 6.39. The van der Waals surface area contributed by atoms with Crippen molar-refractivity contribution in [1.82, 2.24) is 14.8 Å². The van der Waals surface area contributed by atoms with E-state index in [2.05, 4.69) is 46.7 Å². The highest BCUT2D eigenvalue weighted by Gasteiger charge is 2.20. The number of halogens is 2. The summed E-state index contributed by atoms with van der Waals surface area (Å²) in [6.45, 7) is 6.36. The summed E-state index contributed by atoms with van der Waals surface area (Å²) >= 11 is 12.5. The molecule has 1 aliphatic rings. The molecule has 4 rings (SSSR count). The molecule has 0 saturated heterocycles. The summed E-state index contributed by atoms with van der Waals surface area (Å²) in [5.41, 5.74) is 4.70. The van der Waals surface area contributed by atoms with Crippen molar-refractivity contribution in [3.63, 3.8) is 0 Å². The summed E-state index contributed by atoms with van der Waals surface area (Å²) in [5.74, 6) is 0. The first-order valence-corrected chi connectivity index (χ1v) is 10.6. The van der Waals surface area contributed by atoms with Gasteiger partial charge in [-0.25, -0.2) is 0 Å². The first kappa shape index (κ1) is 19.3. The number of hydrogen-bond donors (Lipinski definition) is 1. The number of fused-ring (bicyclic) bond motifs is 1. The van der Waals surface area contributed by atoms with Crippen molar-refractivity contribution >= 4 is 45.5 Å². The highest BCUT2D eigenvalue weighted by atomic mass is 35.5. The zero-order chi connectivity index (χ0) is 19.7. The van der Waals surface area contributed by atoms with Crippen molar-refractivity contribution in [3.05, 3.63) is 58.5 Å². The van der Waals surface area contributed by atoms with Gasteiger partial charge in [0.25, 0.3) is 0 Å². The quantitative estimate of drug-likeness (QED) is 0.494. The maximum Gasteiger partial charge on any atom is 0.0839 e. The van der Waals surface area contributed by atoms with E-state index in [1.807, 2.05) is 0 Å². The average molecular weight is 415 g/mol. The molecule has 1 fully saturated rings. The smallest absolute Gasteiger partial charge is 0.0839 e. The summed E-state index contributed by atoms with van der Waals surface area (Å²) in [6.07, 6.45) is 10.3. The number of anilines is 1. The molecule has 3 aromatic rings. The van der Waals surface area contributed by atoms with Crippen LogP contribution in [0.2, 0.25) is 10.0 Å². The molecule has 1 N–H and O–H groups in total. The Labute approximate surface area is 175 Å². The van der Waals surface area contributed by atoms with Crippen molar-refractivity contribution < 1.29 is 0 Å². The van der Waals surface area contributed by atoms with E-state index in [1.165, 1.54) is 43.0 Å². The average Bonchev–Trinajstić information content (AvgIpc) is 3.09. The van der Waals surface area contributed by atoms with Gasteiger partial charge in [-0.3, -0.25) is 9.67 Å². The number of pyridine rings is 1. The summed E-state index contributed by atoms with van der Waals surface area (Å²) in [5, 5.41) is 10.4. The van der Waals surface area contributed by atoms with Gasteiger partial charge in [-0.15, -0.1) is 0 Å². The third-order valence-electron chi connectivity index (χ3n) is 5.52. The molecule has 0 aliphatic heterocycles. The third-order valence-corrected chi connectivity index (χ3v) is 6.09. The topological polar surface area (TPSA) is 42.7 Å². The Balaban J connectivity index is 1.71. The van der Waals surface area contributed by atoms with Gasteiger partial charge in [-0.1, -0.05) is 68.1 Å². The molecule has 0 spiro atoms. The second-order valence-electron chi connectivity index (χ2n) is 7.35. The second-order valence-corrected chi connectivity index (χ2v) is 8.16. The van der Waals surface area contributed by atoms with Gasteiger partial charge < -0.3 is 5.32 Å². The molecule has 1 aliphatic carbocycles. The van der Waals surface area contributed by atoms with Crippen LogP contribution in [0.15, 0.2) is 37.2 Å². The number of nitrogens with one attached hydrogen (secondary N) is 1. The molecule has 2 heterocycles. The molecule has 0 atom stereocenters. The summed E-state index contributed by atoms with van der Waals surface area (Å²) < 4.78 is 2.25. The minimum Gasteiger partial charge on any atom is -0.353 e. The largest absolute Gasteiger partial charge is 0.353 e. The lowest BCUT2D eigenvalue weighted by atomic mass is 9.95. The van der Waals surface area contributed by atoms with E-state index in [0.29, 0.717) is 21.8 Å². The van der Waals surface area contributed by atoms with Gasteiger partial charge in [0.05, 0.1) is 33.0 Å². The molecule has 0 unspecified atom stereocenters. The SMILES string of the molecule is C=C(Nc1c(Cl)cncc1Cl)c1ccc2c(CC)nn(C3CCCCC3)c2c1. The molecule has 0 radical (unpaired) electrons. The van der Waals surface area contributed by atoms with Crippen molar-refractivity contribution in [1.29, 1.82) is 0 Å². The van der Waals surface area contributed by atoms with Crippen LogP contribution in [0.4, 0.5) is 5.69 Å². The Bertz CT molecular complexity index is 999. The van der Waals surface area contributed by atoms with Gasteiger partial charge in [0.1, 0.15) is 0 Å². The third kappa shape index (κ3) is 3.63. The lowest BCUT2D eigenvalue weighted by molar-refractivity contribution is 0.336. The Hall–Kier alpha value is -2.04. The molecule has 1 aromatic carbocycles. The van der Waals surface area contributed by atoms with E-state index in [0.717, 1.165) is 23.4 Å². The number of aromatic nitrogens is 3. The molecule has 6 heteroatoms. The van der Waals surface area contributed by atoms with Gasteiger partial charge in [0.2, 0.25) is 0 Å². The van der Waals surface area contributed by atoms with Gasteiger partial charge >= 0.3 is 0 Å². The molecular weight excluding hydrogens is 391 g/mol. The minimum atomic E-state index is 0.468. The van der Waals surface area contributed by atoms with Gasteiger partial charge in [-0.05, 0) is 30.9 Å². The van der Waals surface area contributed by atoms with Crippen LogP contribution in [0.5, 0.6) is 0 Å². The predicted molar refractivity (Wildman–Crippen MR) is 118 cm³/mol. The molecule has 4 nitrogen and oxygen atoms in total. The highest BCUT2D eigenvalue weighted by Crippen LogP contribution is 2.34. The first-order chi connectivity index (χ1) is 13.6. The number of rotatable bonds is 5. The fourth-order valence-electron chi connectivity index (χ4n) is 4.01. The van der Waals surface area contributed by atoms with E-state index in [4.69, 9.17) is 28.3 Å². The number of nitrogens with zero attached hydrogens (tertiary/aromatic N) is 3. The molecule has 146 valence electrons. The zero-order valence-electron chi connectivity index (χ0n) is 16.0. The van der Waals surface area contributed by atoms with Crippen molar-refractivity contribution in [2.75, 3.05) is 5.32 Å². The van der Waals surface area contributed by atoms with E-state index in [9.17, 15) is 0 Å². The Kier molecular flexibility index (Phi) is 5.61. The monoisotopic (exact) mass is 414 g/mol. The van der Waals surface area contributed by atoms with Gasteiger partial charge in [0, 0.05) is 23.5 Å². The van der Waals surface area contributed by atoms with E-state index >= 15 is 0 Å².